The number of rotatable bonds is 3. The zero-order valence-corrected chi connectivity index (χ0v) is 9.45. The fraction of sp³-hybridized carbons (Fsp3) is 0.571. The molecule has 15 heavy (non-hydrogen) atoms. The van der Waals surface area contributed by atoms with Crippen LogP contribution in [-0.4, -0.2) is 10.7 Å². The van der Waals surface area contributed by atoms with E-state index < -0.39 is 5.60 Å². The lowest BCUT2D eigenvalue weighted by molar-refractivity contribution is 0.00193. The van der Waals surface area contributed by atoms with Crippen LogP contribution in [0.1, 0.15) is 38.2 Å². The second-order valence-corrected chi connectivity index (χ2v) is 5.00. The van der Waals surface area contributed by atoms with Gasteiger partial charge in [-0.2, -0.15) is 0 Å². The van der Waals surface area contributed by atoms with Crippen molar-refractivity contribution in [3.05, 3.63) is 35.9 Å². The molecule has 1 heteroatoms. The van der Waals surface area contributed by atoms with E-state index in [1.807, 2.05) is 25.1 Å². The number of benzene rings is 1. The Hall–Kier alpha value is -0.820. The topological polar surface area (TPSA) is 20.2 Å². The Kier molecular flexibility index (Phi) is 3.11. The molecule has 0 heterocycles. The second-order valence-electron chi connectivity index (χ2n) is 5.00. The molecule has 0 saturated heterocycles. The van der Waals surface area contributed by atoms with Crippen LogP contribution < -0.4 is 0 Å². The normalized spacial score (nSPS) is 21.5. The highest BCUT2D eigenvalue weighted by atomic mass is 16.3. The summed E-state index contributed by atoms with van der Waals surface area (Å²) in [7, 11) is 0. The standard InChI is InChI=1S/C14H20O/c1-14(15,13-9-5-6-10-13)11-12-7-3-2-4-8-12/h2-4,7-8,13,15H,5-6,9-11H2,1H3/t14-/m1/s1. The molecule has 82 valence electrons. The molecule has 0 amide bonds. The molecule has 1 nitrogen and oxygen atoms in total. The van der Waals surface area contributed by atoms with Gasteiger partial charge in [0.1, 0.15) is 0 Å². The highest BCUT2D eigenvalue weighted by Crippen LogP contribution is 2.35. The van der Waals surface area contributed by atoms with Crippen molar-refractivity contribution in [2.24, 2.45) is 5.92 Å². The summed E-state index contributed by atoms with van der Waals surface area (Å²) in [5, 5.41) is 10.5. The van der Waals surface area contributed by atoms with Crippen molar-refractivity contribution in [3.63, 3.8) is 0 Å². The molecule has 1 saturated carbocycles. The maximum Gasteiger partial charge on any atom is 0.0687 e. The maximum absolute atomic E-state index is 10.5. The van der Waals surface area contributed by atoms with Crippen molar-refractivity contribution in [2.75, 3.05) is 0 Å². The quantitative estimate of drug-likeness (QED) is 0.801. The van der Waals surface area contributed by atoms with Crippen LogP contribution in [0.25, 0.3) is 0 Å². The van der Waals surface area contributed by atoms with Crippen molar-refractivity contribution in [2.45, 2.75) is 44.6 Å². The predicted molar refractivity (Wildman–Crippen MR) is 62.7 cm³/mol. The molecule has 1 aliphatic carbocycles. The summed E-state index contributed by atoms with van der Waals surface area (Å²) in [6, 6.07) is 10.3. The van der Waals surface area contributed by atoms with Crippen LogP contribution in [0.15, 0.2) is 30.3 Å². The summed E-state index contributed by atoms with van der Waals surface area (Å²) in [4.78, 5) is 0. The lowest BCUT2D eigenvalue weighted by Gasteiger charge is -2.30. The van der Waals surface area contributed by atoms with Crippen molar-refractivity contribution >= 4 is 0 Å². The van der Waals surface area contributed by atoms with Gasteiger partial charge in [-0.3, -0.25) is 0 Å². The van der Waals surface area contributed by atoms with Crippen molar-refractivity contribution in [1.82, 2.24) is 0 Å². The van der Waals surface area contributed by atoms with Crippen LogP contribution in [0.2, 0.25) is 0 Å². The smallest absolute Gasteiger partial charge is 0.0687 e. The predicted octanol–water partition coefficient (Wildman–Crippen LogP) is 3.17. The highest BCUT2D eigenvalue weighted by Gasteiger charge is 2.33. The van der Waals surface area contributed by atoms with Crippen LogP contribution in [0.5, 0.6) is 0 Å². The van der Waals surface area contributed by atoms with Gasteiger partial charge in [-0.05, 0) is 31.2 Å². The Morgan fingerprint density at radius 2 is 1.80 bits per heavy atom. The van der Waals surface area contributed by atoms with Gasteiger partial charge in [0.15, 0.2) is 0 Å². The van der Waals surface area contributed by atoms with Gasteiger partial charge in [-0.25, -0.2) is 0 Å². The zero-order valence-electron chi connectivity index (χ0n) is 9.45. The van der Waals surface area contributed by atoms with Gasteiger partial charge in [-0.1, -0.05) is 43.2 Å². The van der Waals surface area contributed by atoms with Gasteiger partial charge in [0, 0.05) is 6.42 Å². The minimum absolute atomic E-state index is 0.498. The molecule has 1 aromatic rings. The van der Waals surface area contributed by atoms with Gasteiger partial charge >= 0.3 is 0 Å². The van der Waals surface area contributed by atoms with Crippen molar-refractivity contribution < 1.29 is 5.11 Å². The van der Waals surface area contributed by atoms with E-state index in [-0.39, 0.29) is 0 Å². The van der Waals surface area contributed by atoms with Gasteiger partial charge < -0.3 is 5.11 Å². The third kappa shape index (κ3) is 2.60. The van der Waals surface area contributed by atoms with Gasteiger partial charge in [0.2, 0.25) is 0 Å². The summed E-state index contributed by atoms with van der Waals surface area (Å²) in [6.45, 7) is 2.00. The molecule has 1 aliphatic rings. The maximum atomic E-state index is 10.5. The summed E-state index contributed by atoms with van der Waals surface area (Å²) < 4.78 is 0. The Morgan fingerprint density at radius 1 is 1.20 bits per heavy atom. The fourth-order valence-corrected chi connectivity index (χ4v) is 2.70. The lowest BCUT2D eigenvalue weighted by Crippen LogP contribution is -2.35. The van der Waals surface area contributed by atoms with E-state index in [4.69, 9.17) is 0 Å². The minimum Gasteiger partial charge on any atom is -0.390 e. The third-order valence-electron chi connectivity index (χ3n) is 3.64. The molecule has 0 aliphatic heterocycles. The first-order valence-corrected chi connectivity index (χ1v) is 5.95. The summed E-state index contributed by atoms with van der Waals surface area (Å²) in [5.74, 6) is 0.498. The molecule has 0 aromatic heterocycles. The van der Waals surface area contributed by atoms with Crippen molar-refractivity contribution in [3.8, 4) is 0 Å². The molecule has 1 N–H and O–H groups in total. The van der Waals surface area contributed by atoms with E-state index in [0.717, 1.165) is 6.42 Å². The zero-order chi connectivity index (χ0) is 10.7. The van der Waals surface area contributed by atoms with Gasteiger partial charge in [0.25, 0.3) is 0 Å². The first kappa shape index (κ1) is 10.7. The first-order valence-electron chi connectivity index (χ1n) is 5.95. The molecule has 1 fully saturated rings. The van der Waals surface area contributed by atoms with Crippen LogP contribution >= 0.6 is 0 Å². The Bertz CT molecular complexity index is 296. The molecule has 0 radical (unpaired) electrons. The molecule has 1 atom stereocenters. The van der Waals surface area contributed by atoms with Crippen LogP contribution in [0, 0.1) is 5.92 Å². The van der Waals surface area contributed by atoms with Crippen LogP contribution in [0.3, 0.4) is 0 Å². The summed E-state index contributed by atoms with van der Waals surface area (Å²) >= 11 is 0. The lowest BCUT2D eigenvalue weighted by atomic mass is 9.83. The molecule has 0 bridgehead atoms. The van der Waals surface area contributed by atoms with E-state index in [1.54, 1.807) is 0 Å². The second kappa shape index (κ2) is 4.36. The third-order valence-corrected chi connectivity index (χ3v) is 3.64. The van der Waals surface area contributed by atoms with Gasteiger partial charge in [-0.15, -0.1) is 0 Å². The van der Waals surface area contributed by atoms with Crippen molar-refractivity contribution in [1.29, 1.82) is 0 Å². The molecule has 0 unspecified atom stereocenters. The van der Waals surface area contributed by atoms with Crippen LogP contribution in [-0.2, 0) is 6.42 Å². The number of hydrogen-bond donors (Lipinski definition) is 1. The minimum atomic E-state index is -0.516. The average molecular weight is 204 g/mol. The molecule has 2 rings (SSSR count). The SMILES string of the molecule is C[C@@](O)(Cc1ccccc1)C1CCCC1. The Morgan fingerprint density at radius 3 is 2.40 bits per heavy atom. The Labute approximate surface area is 92.1 Å². The highest BCUT2D eigenvalue weighted by molar-refractivity contribution is 5.17. The number of aliphatic hydroxyl groups is 1. The first-order chi connectivity index (χ1) is 7.18. The Balaban J connectivity index is 2.03. The monoisotopic (exact) mass is 204 g/mol. The largest absolute Gasteiger partial charge is 0.390 e. The average Bonchev–Trinajstić information content (AvgIpc) is 2.71. The summed E-state index contributed by atoms with van der Waals surface area (Å²) in [6.07, 6.45) is 5.75. The fourth-order valence-electron chi connectivity index (χ4n) is 2.70. The van der Waals surface area contributed by atoms with E-state index in [1.165, 1.54) is 31.2 Å². The van der Waals surface area contributed by atoms with Crippen LogP contribution in [0.4, 0.5) is 0 Å². The molecule has 0 spiro atoms. The van der Waals surface area contributed by atoms with E-state index in [0.29, 0.717) is 5.92 Å². The van der Waals surface area contributed by atoms with E-state index in [9.17, 15) is 5.11 Å². The molecular formula is C14H20O. The molecule has 1 aromatic carbocycles. The summed E-state index contributed by atoms with van der Waals surface area (Å²) in [5.41, 5.74) is 0.729. The van der Waals surface area contributed by atoms with Gasteiger partial charge in [0.05, 0.1) is 5.60 Å². The number of hydrogen-bond acceptors (Lipinski definition) is 1. The molecular weight excluding hydrogens is 184 g/mol. The van der Waals surface area contributed by atoms with E-state index in [2.05, 4.69) is 12.1 Å². The van der Waals surface area contributed by atoms with E-state index >= 15 is 0 Å².